The molecule has 0 radical (unpaired) electrons. The van der Waals surface area contributed by atoms with E-state index in [0.717, 1.165) is 0 Å². The maximum absolute atomic E-state index is 13.5. The molecule has 2 N–H and O–H groups in total. The highest BCUT2D eigenvalue weighted by atomic mass is 19.1. The van der Waals surface area contributed by atoms with E-state index in [9.17, 15) is 4.39 Å². The number of nitrogen functional groups attached to an aromatic ring is 1. The van der Waals surface area contributed by atoms with Gasteiger partial charge in [0.1, 0.15) is 5.82 Å². The molecule has 3 nitrogen and oxygen atoms in total. The summed E-state index contributed by atoms with van der Waals surface area (Å²) in [6, 6.07) is 4.55. The van der Waals surface area contributed by atoms with Crippen molar-refractivity contribution in [3.05, 3.63) is 24.0 Å². The van der Waals surface area contributed by atoms with E-state index in [1.54, 1.807) is 12.1 Å². The molecule has 0 saturated carbocycles. The maximum atomic E-state index is 13.5. The molecule has 0 spiro atoms. The van der Waals surface area contributed by atoms with Crippen molar-refractivity contribution in [2.45, 2.75) is 19.4 Å². The Labute approximate surface area is 88.5 Å². The molecule has 0 aromatic heterocycles. The van der Waals surface area contributed by atoms with Crippen molar-refractivity contribution in [3.63, 3.8) is 0 Å². The lowest BCUT2D eigenvalue weighted by Gasteiger charge is -2.16. The standard InChI is InChI=1S/C10H13BFNO2/c1-10(2)6-14-11(15-10)9-7(12)4-3-5-8(9)13/h3-5H,6,13H2,1-2H3. The Morgan fingerprint density at radius 2 is 2.20 bits per heavy atom. The molecule has 1 aromatic carbocycles. The summed E-state index contributed by atoms with van der Waals surface area (Å²) in [5, 5.41) is 0. The molecule has 1 aliphatic rings. The molecule has 1 aliphatic heterocycles. The number of halogens is 1. The van der Waals surface area contributed by atoms with Crippen LogP contribution < -0.4 is 11.2 Å². The van der Waals surface area contributed by atoms with E-state index in [0.29, 0.717) is 17.8 Å². The SMILES string of the molecule is CC1(C)COB(c2c(N)cccc2F)O1. The smallest absolute Gasteiger partial charge is 0.404 e. The molecular formula is C10H13BFNO2. The molecule has 1 saturated heterocycles. The van der Waals surface area contributed by atoms with Gasteiger partial charge in [0, 0.05) is 11.2 Å². The molecule has 0 unspecified atom stereocenters. The van der Waals surface area contributed by atoms with Gasteiger partial charge in [0.25, 0.3) is 0 Å². The number of anilines is 1. The van der Waals surface area contributed by atoms with Crippen LogP contribution in [-0.4, -0.2) is 19.3 Å². The minimum atomic E-state index is -0.693. The Hall–Kier alpha value is -1.07. The number of rotatable bonds is 1. The number of hydrogen-bond donors (Lipinski definition) is 1. The molecule has 2 rings (SSSR count). The van der Waals surface area contributed by atoms with E-state index in [1.165, 1.54) is 6.07 Å². The van der Waals surface area contributed by atoms with Crippen LogP contribution in [0.15, 0.2) is 18.2 Å². The second-order valence-electron chi connectivity index (χ2n) is 4.26. The minimum absolute atomic E-state index is 0.295. The van der Waals surface area contributed by atoms with Crippen molar-refractivity contribution in [1.29, 1.82) is 0 Å². The highest BCUT2D eigenvalue weighted by molar-refractivity contribution is 6.63. The molecule has 1 fully saturated rings. The second kappa shape index (κ2) is 3.50. The van der Waals surface area contributed by atoms with Gasteiger partial charge in [-0.1, -0.05) is 6.07 Å². The van der Waals surface area contributed by atoms with E-state index in [4.69, 9.17) is 15.0 Å². The third-order valence-electron chi connectivity index (χ3n) is 2.33. The molecule has 0 atom stereocenters. The van der Waals surface area contributed by atoms with Crippen LogP contribution in [0.25, 0.3) is 0 Å². The number of hydrogen-bond acceptors (Lipinski definition) is 3. The van der Waals surface area contributed by atoms with Crippen molar-refractivity contribution >= 4 is 18.3 Å². The average molecular weight is 209 g/mol. The highest BCUT2D eigenvalue weighted by Crippen LogP contribution is 2.21. The summed E-state index contributed by atoms with van der Waals surface area (Å²) in [7, 11) is -0.693. The topological polar surface area (TPSA) is 44.5 Å². The van der Waals surface area contributed by atoms with E-state index in [-0.39, 0.29) is 5.60 Å². The van der Waals surface area contributed by atoms with Gasteiger partial charge in [-0.15, -0.1) is 0 Å². The van der Waals surface area contributed by atoms with Crippen LogP contribution in [0.4, 0.5) is 10.1 Å². The molecule has 0 aliphatic carbocycles. The zero-order valence-electron chi connectivity index (χ0n) is 8.79. The van der Waals surface area contributed by atoms with Crippen LogP contribution in [0.1, 0.15) is 13.8 Å². The van der Waals surface area contributed by atoms with Crippen molar-refractivity contribution in [1.82, 2.24) is 0 Å². The van der Waals surface area contributed by atoms with Crippen LogP contribution in [0.5, 0.6) is 0 Å². The largest absolute Gasteiger partial charge is 0.499 e. The zero-order valence-corrected chi connectivity index (χ0v) is 8.79. The molecule has 0 amide bonds. The quantitative estimate of drug-likeness (QED) is 0.552. The van der Waals surface area contributed by atoms with Gasteiger partial charge in [0.2, 0.25) is 0 Å². The first-order chi connectivity index (χ1) is 6.99. The second-order valence-corrected chi connectivity index (χ2v) is 4.26. The molecule has 1 heterocycles. The zero-order chi connectivity index (χ0) is 11.1. The fraction of sp³-hybridized carbons (Fsp3) is 0.400. The van der Waals surface area contributed by atoms with Crippen molar-refractivity contribution in [3.8, 4) is 0 Å². The van der Waals surface area contributed by atoms with Gasteiger partial charge >= 0.3 is 7.12 Å². The first-order valence-corrected chi connectivity index (χ1v) is 4.83. The van der Waals surface area contributed by atoms with Crippen LogP contribution in [0.2, 0.25) is 0 Å². The normalized spacial score (nSPS) is 19.5. The molecule has 80 valence electrons. The Morgan fingerprint density at radius 1 is 1.47 bits per heavy atom. The highest BCUT2D eigenvalue weighted by Gasteiger charge is 2.40. The summed E-state index contributed by atoms with van der Waals surface area (Å²) >= 11 is 0. The van der Waals surface area contributed by atoms with Crippen LogP contribution in [0, 0.1) is 5.82 Å². The monoisotopic (exact) mass is 209 g/mol. The maximum Gasteiger partial charge on any atom is 0.499 e. The van der Waals surface area contributed by atoms with Gasteiger partial charge in [-0.3, -0.25) is 0 Å². The number of benzene rings is 1. The van der Waals surface area contributed by atoms with Crippen LogP contribution in [0.3, 0.4) is 0 Å². The Bertz CT molecular complexity index is 363. The first kappa shape index (κ1) is 10.5. The lowest BCUT2D eigenvalue weighted by atomic mass is 9.77. The Balaban J connectivity index is 2.31. The van der Waals surface area contributed by atoms with E-state index in [2.05, 4.69) is 0 Å². The lowest BCUT2D eigenvalue weighted by Crippen LogP contribution is -2.38. The van der Waals surface area contributed by atoms with Crippen molar-refractivity contribution < 1.29 is 13.7 Å². The molecule has 1 aromatic rings. The van der Waals surface area contributed by atoms with Crippen molar-refractivity contribution in [2.75, 3.05) is 12.3 Å². The van der Waals surface area contributed by atoms with E-state index >= 15 is 0 Å². The summed E-state index contributed by atoms with van der Waals surface area (Å²) in [6.07, 6.45) is 0. The minimum Gasteiger partial charge on any atom is -0.404 e. The lowest BCUT2D eigenvalue weighted by molar-refractivity contribution is 0.137. The fourth-order valence-electron chi connectivity index (χ4n) is 1.58. The summed E-state index contributed by atoms with van der Waals surface area (Å²) in [5.74, 6) is -0.391. The summed E-state index contributed by atoms with van der Waals surface area (Å²) in [5.41, 5.74) is 5.95. The Morgan fingerprint density at radius 3 is 2.73 bits per heavy atom. The van der Waals surface area contributed by atoms with Crippen molar-refractivity contribution in [2.24, 2.45) is 0 Å². The van der Waals surface area contributed by atoms with Gasteiger partial charge < -0.3 is 15.0 Å². The summed E-state index contributed by atoms with van der Waals surface area (Å²) in [4.78, 5) is 0. The van der Waals surface area contributed by atoms with Gasteiger partial charge in [-0.2, -0.15) is 0 Å². The van der Waals surface area contributed by atoms with Crippen LogP contribution in [-0.2, 0) is 9.31 Å². The fourth-order valence-corrected chi connectivity index (χ4v) is 1.58. The molecule has 5 heteroatoms. The van der Waals surface area contributed by atoms with Crippen LogP contribution >= 0.6 is 0 Å². The molecule has 15 heavy (non-hydrogen) atoms. The Kier molecular flexibility index (Phi) is 2.44. The van der Waals surface area contributed by atoms with Gasteiger partial charge in [-0.05, 0) is 26.0 Å². The third-order valence-corrected chi connectivity index (χ3v) is 2.33. The van der Waals surface area contributed by atoms with E-state index in [1.807, 2.05) is 13.8 Å². The van der Waals surface area contributed by atoms with E-state index < -0.39 is 12.9 Å². The predicted molar refractivity (Wildman–Crippen MR) is 57.3 cm³/mol. The average Bonchev–Trinajstić information content (AvgIpc) is 2.46. The molecule has 0 bridgehead atoms. The first-order valence-electron chi connectivity index (χ1n) is 4.83. The third kappa shape index (κ3) is 1.98. The van der Waals surface area contributed by atoms with Gasteiger partial charge in [0.15, 0.2) is 0 Å². The van der Waals surface area contributed by atoms with Gasteiger partial charge in [0.05, 0.1) is 12.2 Å². The summed E-state index contributed by atoms with van der Waals surface area (Å²) in [6.45, 7) is 4.22. The predicted octanol–water partition coefficient (Wildman–Crippen LogP) is 0.928. The number of nitrogens with two attached hydrogens (primary N) is 1. The van der Waals surface area contributed by atoms with Gasteiger partial charge in [-0.25, -0.2) is 4.39 Å². The molecular weight excluding hydrogens is 196 g/mol. The summed E-state index contributed by atoms with van der Waals surface area (Å²) < 4.78 is 24.4.